The molecule has 72 valence electrons. The van der Waals surface area contributed by atoms with E-state index >= 15 is 0 Å². The fourth-order valence-electron chi connectivity index (χ4n) is 1.09. The number of hydrogen-bond donors (Lipinski definition) is 2. The van der Waals surface area contributed by atoms with E-state index in [-0.39, 0.29) is 12.5 Å². The van der Waals surface area contributed by atoms with Crippen LogP contribution in [0.2, 0.25) is 0 Å². The minimum atomic E-state index is -0.140. The molecule has 1 heterocycles. The molecule has 5 heteroatoms. The lowest BCUT2D eigenvalue weighted by Gasteiger charge is -2.04. The first-order chi connectivity index (χ1) is 6.13. The van der Waals surface area contributed by atoms with Crippen LogP contribution < -0.4 is 5.32 Å². The third-order valence-corrected chi connectivity index (χ3v) is 1.52. The Morgan fingerprint density at radius 2 is 2.46 bits per heavy atom. The number of nitrogens with zero attached hydrogens (tertiary/aromatic N) is 2. The van der Waals surface area contributed by atoms with Gasteiger partial charge in [0.25, 0.3) is 0 Å². The maximum absolute atomic E-state index is 10.8. The lowest BCUT2D eigenvalue weighted by molar-refractivity contribution is -0.114. The number of carbonyl (C=O) groups excluding carboxylic acids is 1. The zero-order valence-electron chi connectivity index (χ0n) is 7.74. The van der Waals surface area contributed by atoms with Crippen molar-refractivity contribution in [3.05, 3.63) is 11.8 Å². The van der Waals surface area contributed by atoms with Crippen molar-refractivity contribution in [2.24, 2.45) is 0 Å². The highest BCUT2D eigenvalue weighted by Gasteiger charge is 2.05. The first-order valence-corrected chi connectivity index (χ1v) is 4.06. The highest BCUT2D eigenvalue weighted by Crippen LogP contribution is 2.09. The number of rotatable bonds is 3. The van der Waals surface area contributed by atoms with Crippen LogP contribution in [0.25, 0.3) is 0 Å². The highest BCUT2D eigenvalue weighted by atomic mass is 16.3. The number of anilines is 1. The number of aliphatic hydroxyl groups is 1. The summed E-state index contributed by atoms with van der Waals surface area (Å²) in [6, 6.07) is 1.76. The molecule has 0 bridgehead atoms. The molecule has 0 unspecified atom stereocenters. The Morgan fingerprint density at radius 3 is 3.00 bits per heavy atom. The molecule has 0 atom stereocenters. The van der Waals surface area contributed by atoms with Gasteiger partial charge in [-0.2, -0.15) is 5.10 Å². The van der Waals surface area contributed by atoms with Crippen molar-refractivity contribution in [3.8, 4) is 0 Å². The lowest BCUT2D eigenvalue weighted by Crippen LogP contribution is -2.13. The quantitative estimate of drug-likeness (QED) is 0.700. The van der Waals surface area contributed by atoms with E-state index < -0.39 is 0 Å². The number of aryl methyl sites for hydroxylation is 1. The first kappa shape index (κ1) is 9.73. The molecule has 5 nitrogen and oxygen atoms in total. The van der Waals surface area contributed by atoms with E-state index in [0.29, 0.717) is 12.4 Å². The number of aromatic nitrogens is 2. The fraction of sp³-hybridized carbons (Fsp3) is 0.500. The average Bonchev–Trinajstić information content (AvgIpc) is 2.31. The smallest absolute Gasteiger partial charge is 0.222 e. The van der Waals surface area contributed by atoms with Crippen molar-refractivity contribution in [1.29, 1.82) is 0 Å². The Hall–Kier alpha value is -1.36. The normalized spacial score (nSPS) is 10.1. The second kappa shape index (κ2) is 4.04. The Bertz CT molecular complexity index is 306. The molecule has 0 aromatic carbocycles. The summed E-state index contributed by atoms with van der Waals surface area (Å²) in [6.45, 7) is 3.67. The summed E-state index contributed by atoms with van der Waals surface area (Å²) >= 11 is 0. The molecule has 0 aliphatic heterocycles. The van der Waals surface area contributed by atoms with Gasteiger partial charge in [-0.1, -0.05) is 0 Å². The standard InChI is InChI=1S/C8H13N3O2/c1-6-5-8(9-7(2)13)11(10-6)3-4-12/h5,12H,3-4H2,1-2H3,(H,9,13). The van der Waals surface area contributed by atoms with Crippen molar-refractivity contribution in [2.75, 3.05) is 11.9 Å². The maximum atomic E-state index is 10.8. The predicted molar refractivity (Wildman–Crippen MR) is 48.4 cm³/mol. The molecule has 0 saturated heterocycles. The van der Waals surface area contributed by atoms with Crippen LogP contribution in [0, 0.1) is 6.92 Å². The summed E-state index contributed by atoms with van der Waals surface area (Å²) in [5.74, 6) is 0.484. The van der Waals surface area contributed by atoms with E-state index in [0.717, 1.165) is 5.69 Å². The average molecular weight is 183 g/mol. The van der Waals surface area contributed by atoms with Crippen molar-refractivity contribution in [2.45, 2.75) is 20.4 Å². The molecule has 0 aliphatic rings. The Labute approximate surface area is 76.4 Å². The van der Waals surface area contributed by atoms with Crippen LogP contribution in [0.5, 0.6) is 0 Å². The number of carbonyl (C=O) groups is 1. The van der Waals surface area contributed by atoms with Crippen LogP contribution in [-0.2, 0) is 11.3 Å². The monoisotopic (exact) mass is 183 g/mol. The van der Waals surface area contributed by atoms with Gasteiger partial charge in [0.15, 0.2) is 0 Å². The maximum Gasteiger partial charge on any atom is 0.222 e. The fourth-order valence-corrected chi connectivity index (χ4v) is 1.09. The molecule has 0 spiro atoms. The van der Waals surface area contributed by atoms with Crippen LogP contribution in [0.1, 0.15) is 12.6 Å². The third kappa shape index (κ3) is 2.55. The largest absolute Gasteiger partial charge is 0.394 e. The van der Waals surface area contributed by atoms with Crippen molar-refractivity contribution < 1.29 is 9.90 Å². The minimum absolute atomic E-state index is 0.00764. The zero-order valence-corrected chi connectivity index (χ0v) is 7.74. The van der Waals surface area contributed by atoms with E-state index in [4.69, 9.17) is 5.11 Å². The number of nitrogens with one attached hydrogen (secondary N) is 1. The zero-order chi connectivity index (χ0) is 9.84. The van der Waals surface area contributed by atoms with E-state index in [2.05, 4.69) is 10.4 Å². The molecule has 0 aliphatic carbocycles. The van der Waals surface area contributed by atoms with Gasteiger partial charge in [-0.25, -0.2) is 4.68 Å². The molecule has 1 rings (SSSR count). The first-order valence-electron chi connectivity index (χ1n) is 4.06. The van der Waals surface area contributed by atoms with E-state index in [9.17, 15) is 4.79 Å². The summed E-state index contributed by atoms with van der Waals surface area (Å²) in [4.78, 5) is 10.8. The molecule has 1 amide bonds. The van der Waals surface area contributed by atoms with Crippen LogP contribution in [0.3, 0.4) is 0 Å². The van der Waals surface area contributed by atoms with Gasteiger partial charge in [0, 0.05) is 13.0 Å². The Morgan fingerprint density at radius 1 is 1.77 bits per heavy atom. The molecular weight excluding hydrogens is 170 g/mol. The topological polar surface area (TPSA) is 67.2 Å². The van der Waals surface area contributed by atoms with Crippen molar-refractivity contribution in [3.63, 3.8) is 0 Å². The Kier molecular flexibility index (Phi) is 3.02. The summed E-state index contributed by atoms with van der Waals surface area (Å²) in [6.07, 6.45) is 0. The molecule has 2 N–H and O–H groups in total. The number of hydrogen-bond acceptors (Lipinski definition) is 3. The summed E-state index contributed by atoms with van der Waals surface area (Å²) in [7, 11) is 0. The van der Waals surface area contributed by atoms with E-state index in [1.807, 2.05) is 6.92 Å². The van der Waals surface area contributed by atoms with E-state index in [1.165, 1.54) is 6.92 Å². The minimum Gasteiger partial charge on any atom is -0.394 e. The second-order valence-corrected chi connectivity index (χ2v) is 2.80. The summed E-state index contributed by atoms with van der Waals surface area (Å²) < 4.78 is 1.57. The van der Waals surface area contributed by atoms with Gasteiger partial charge in [-0.15, -0.1) is 0 Å². The molecule has 13 heavy (non-hydrogen) atoms. The molecule has 0 saturated carbocycles. The summed E-state index contributed by atoms with van der Waals surface area (Å²) in [5.41, 5.74) is 0.817. The molecule has 0 radical (unpaired) electrons. The lowest BCUT2D eigenvalue weighted by atomic mass is 10.4. The highest BCUT2D eigenvalue weighted by molar-refractivity contribution is 5.87. The molecule has 1 aromatic heterocycles. The van der Waals surface area contributed by atoms with Gasteiger partial charge in [0.2, 0.25) is 5.91 Å². The van der Waals surface area contributed by atoms with Crippen molar-refractivity contribution >= 4 is 11.7 Å². The molecule has 1 aromatic rings. The van der Waals surface area contributed by atoms with Gasteiger partial charge >= 0.3 is 0 Å². The van der Waals surface area contributed by atoms with Crippen LogP contribution in [0.4, 0.5) is 5.82 Å². The number of aliphatic hydroxyl groups excluding tert-OH is 1. The Balaban J connectivity index is 2.83. The van der Waals surface area contributed by atoms with Crippen LogP contribution >= 0.6 is 0 Å². The van der Waals surface area contributed by atoms with Gasteiger partial charge < -0.3 is 10.4 Å². The SMILES string of the molecule is CC(=O)Nc1cc(C)nn1CCO. The van der Waals surface area contributed by atoms with Crippen LogP contribution in [-0.4, -0.2) is 27.4 Å². The van der Waals surface area contributed by atoms with E-state index in [1.54, 1.807) is 10.7 Å². The second-order valence-electron chi connectivity index (χ2n) is 2.80. The van der Waals surface area contributed by atoms with Gasteiger partial charge in [0.1, 0.15) is 5.82 Å². The molecule has 0 fully saturated rings. The van der Waals surface area contributed by atoms with Crippen molar-refractivity contribution in [1.82, 2.24) is 9.78 Å². The van der Waals surface area contributed by atoms with Gasteiger partial charge in [-0.05, 0) is 6.92 Å². The third-order valence-electron chi connectivity index (χ3n) is 1.52. The van der Waals surface area contributed by atoms with Gasteiger partial charge in [-0.3, -0.25) is 4.79 Å². The molecular formula is C8H13N3O2. The predicted octanol–water partition coefficient (Wildman–Crippen LogP) is 0.142. The van der Waals surface area contributed by atoms with Crippen LogP contribution in [0.15, 0.2) is 6.07 Å². The van der Waals surface area contributed by atoms with Gasteiger partial charge in [0.05, 0.1) is 18.8 Å². The number of amides is 1. The summed E-state index contributed by atoms with van der Waals surface area (Å²) in [5, 5.41) is 15.4.